The Labute approximate surface area is 95.4 Å². The van der Waals surface area contributed by atoms with Crippen LogP contribution in [0.3, 0.4) is 0 Å². The van der Waals surface area contributed by atoms with E-state index in [1.54, 1.807) is 4.88 Å². The van der Waals surface area contributed by atoms with Gasteiger partial charge in [-0.15, -0.1) is 11.3 Å². The molecule has 15 heavy (non-hydrogen) atoms. The maximum atomic E-state index is 5.59. The summed E-state index contributed by atoms with van der Waals surface area (Å²) < 4.78 is 0. The lowest BCUT2D eigenvalue weighted by Crippen LogP contribution is -2.35. The Balaban J connectivity index is 2.09. The summed E-state index contributed by atoms with van der Waals surface area (Å²) in [6.07, 6.45) is 1.18. The quantitative estimate of drug-likeness (QED) is 0.794. The van der Waals surface area contributed by atoms with E-state index in [2.05, 4.69) is 29.8 Å². The van der Waals surface area contributed by atoms with Crippen LogP contribution in [0.1, 0.15) is 23.4 Å². The molecular weight excluding hydrogens is 204 g/mol. The van der Waals surface area contributed by atoms with E-state index in [9.17, 15) is 0 Å². The van der Waals surface area contributed by atoms with Crippen LogP contribution in [0.15, 0.2) is 23.6 Å². The van der Waals surface area contributed by atoms with Crippen LogP contribution in [-0.4, -0.2) is 24.5 Å². The molecule has 0 saturated carbocycles. The van der Waals surface area contributed by atoms with Gasteiger partial charge in [0.2, 0.25) is 0 Å². The molecule has 82 valence electrons. The smallest absolute Gasteiger partial charge is 0.0334 e. The molecule has 2 nitrogen and oxygen atoms in total. The molecule has 3 heteroatoms. The lowest BCUT2D eigenvalue weighted by Gasteiger charge is -2.33. The summed E-state index contributed by atoms with van der Waals surface area (Å²) in [5.74, 6) is 0. The van der Waals surface area contributed by atoms with Gasteiger partial charge in [0.1, 0.15) is 0 Å². The molecular formula is C12H18N2S. The second-order valence-electron chi connectivity index (χ2n) is 4.15. The molecule has 0 amide bonds. The number of thiophene rings is 1. The monoisotopic (exact) mass is 222 g/mol. The number of hydrogen-bond donors (Lipinski definition) is 1. The summed E-state index contributed by atoms with van der Waals surface area (Å²) in [5, 5.41) is 2.20. The van der Waals surface area contributed by atoms with Crippen molar-refractivity contribution in [2.75, 3.05) is 19.6 Å². The Morgan fingerprint density at radius 1 is 1.73 bits per heavy atom. The highest BCUT2D eigenvalue weighted by molar-refractivity contribution is 7.10. The van der Waals surface area contributed by atoms with Crippen molar-refractivity contribution in [3.05, 3.63) is 34.0 Å². The fourth-order valence-corrected chi connectivity index (χ4v) is 3.09. The Hall–Kier alpha value is -0.640. The van der Waals surface area contributed by atoms with Gasteiger partial charge in [0.25, 0.3) is 0 Å². The van der Waals surface area contributed by atoms with Gasteiger partial charge >= 0.3 is 0 Å². The molecule has 1 aromatic heterocycles. The fourth-order valence-electron chi connectivity index (χ4n) is 2.13. The minimum atomic E-state index is 0.517. The van der Waals surface area contributed by atoms with E-state index in [1.807, 2.05) is 11.3 Å². The number of nitrogens with zero attached hydrogens (tertiary/aromatic N) is 1. The molecule has 2 N–H and O–H groups in total. The van der Waals surface area contributed by atoms with Crippen LogP contribution in [0.25, 0.3) is 0 Å². The summed E-state index contributed by atoms with van der Waals surface area (Å²) in [6, 6.07) is 2.77. The topological polar surface area (TPSA) is 29.3 Å². The van der Waals surface area contributed by atoms with Gasteiger partial charge in [-0.3, -0.25) is 4.90 Å². The summed E-state index contributed by atoms with van der Waals surface area (Å²) in [6.45, 7) is 8.92. The van der Waals surface area contributed by atoms with Crippen molar-refractivity contribution >= 4 is 11.3 Å². The molecule has 1 unspecified atom stereocenters. The molecule has 1 aliphatic rings. The van der Waals surface area contributed by atoms with Gasteiger partial charge in [0.15, 0.2) is 0 Å². The molecule has 0 aromatic carbocycles. The number of nitrogens with two attached hydrogens (primary N) is 1. The molecule has 2 heterocycles. The highest BCUT2D eigenvalue weighted by Gasteiger charge is 2.24. The summed E-state index contributed by atoms with van der Waals surface area (Å²) in [4.78, 5) is 4.02. The van der Waals surface area contributed by atoms with Crippen LogP contribution < -0.4 is 5.73 Å². The molecule has 0 spiro atoms. The molecule has 1 atom stereocenters. The lowest BCUT2D eigenvalue weighted by atomic mass is 10.0. The zero-order valence-electron chi connectivity index (χ0n) is 9.20. The van der Waals surface area contributed by atoms with E-state index in [0.717, 1.165) is 18.7 Å². The predicted octanol–water partition coefficient (Wildman–Crippen LogP) is 2.18. The Kier molecular flexibility index (Phi) is 3.24. The van der Waals surface area contributed by atoms with Crippen LogP contribution in [0.5, 0.6) is 0 Å². The normalized spacial score (nSPS) is 21.3. The standard InChI is InChI=1S/C12H18N2S/c1-9(7-13)8-14-5-3-12-11(10(14)2)4-6-15-12/h4,6,10H,1,3,5,7-8,13H2,2H3. The zero-order valence-corrected chi connectivity index (χ0v) is 10.0. The maximum Gasteiger partial charge on any atom is 0.0334 e. The first kappa shape index (κ1) is 10.9. The highest BCUT2D eigenvalue weighted by Crippen LogP contribution is 2.32. The third-order valence-corrected chi connectivity index (χ3v) is 4.12. The van der Waals surface area contributed by atoms with Crippen molar-refractivity contribution in [2.24, 2.45) is 5.73 Å². The summed E-state index contributed by atoms with van der Waals surface area (Å²) in [7, 11) is 0. The van der Waals surface area contributed by atoms with Crippen molar-refractivity contribution in [1.82, 2.24) is 4.90 Å². The first-order valence-corrected chi connectivity index (χ1v) is 6.27. The molecule has 0 aliphatic carbocycles. The van der Waals surface area contributed by atoms with Crippen molar-refractivity contribution in [1.29, 1.82) is 0 Å². The molecule has 0 bridgehead atoms. The van der Waals surface area contributed by atoms with Crippen LogP contribution in [0, 0.1) is 0 Å². The molecule has 1 aliphatic heterocycles. The summed E-state index contributed by atoms with van der Waals surface area (Å²) in [5.41, 5.74) is 8.21. The van der Waals surface area contributed by atoms with Crippen LogP contribution in [0.4, 0.5) is 0 Å². The molecule has 2 rings (SSSR count). The zero-order chi connectivity index (χ0) is 10.8. The Morgan fingerprint density at radius 3 is 3.27 bits per heavy atom. The minimum absolute atomic E-state index is 0.517. The van der Waals surface area contributed by atoms with Gasteiger partial charge in [-0.1, -0.05) is 6.58 Å². The van der Waals surface area contributed by atoms with Gasteiger partial charge in [-0.2, -0.15) is 0 Å². The van der Waals surface area contributed by atoms with Crippen LogP contribution in [0.2, 0.25) is 0 Å². The predicted molar refractivity (Wildman–Crippen MR) is 66.2 cm³/mol. The second kappa shape index (κ2) is 4.47. The number of hydrogen-bond acceptors (Lipinski definition) is 3. The van der Waals surface area contributed by atoms with E-state index < -0.39 is 0 Å². The number of fused-ring (bicyclic) bond motifs is 1. The fraction of sp³-hybridized carbons (Fsp3) is 0.500. The maximum absolute atomic E-state index is 5.59. The third-order valence-electron chi connectivity index (χ3n) is 3.12. The Bertz CT molecular complexity index is 356. The first-order chi connectivity index (χ1) is 7.22. The van der Waals surface area contributed by atoms with E-state index in [-0.39, 0.29) is 0 Å². The van der Waals surface area contributed by atoms with E-state index in [0.29, 0.717) is 12.6 Å². The average Bonchev–Trinajstić information content (AvgIpc) is 2.70. The van der Waals surface area contributed by atoms with E-state index >= 15 is 0 Å². The van der Waals surface area contributed by atoms with E-state index in [4.69, 9.17) is 5.73 Å². The van der Waals surface area contributed by atoms with Gasteiger partial charge < -0.3 is 5.73 Å². The average molecular weight is 222 g/mol. The van der Waals surface area contributed by atoms with Crippen molar-refractivity contribution < 1.29 is 0 Å². The lowest BCUT2D eigenvalue weighted by molar-refractivity contribution is 0.217. The largest absolute Gasteiger partial charge is 0.327 e. The highest BCUT2D eigenvalue weighted by atomic mass is 32.1. The first-order valence-electron chi connectivity index (χ1n) is 5.39. The molecule has 0 saturated heterocycles. The van der Waals surface area contributed by atoms with Crippen LogP contribution >= 0.6 is 11.3 Å². The van der Waals surface area contributed by atoms with Crippen LogP contribution in [-0.2, 0) is 6.42 Å². The van der Waals surface area contributed by atoms with Gasteiger partial charge in [0.05, 0.1) is 0 Å². The van der Waals surface area contributed by atoms with Gasteiger partial charge in [-0.25, -0.2) is 0 Å². The third kappa shape index (κ3) is 2.14. The van der Waals surface area contributed by atoms with Crippen molar-refractivity contribution in [3.63, 3.8) is 0 Å². The van der Waals surface area contributed by atoms with E-state index in [1.165, 1.54) is 12.0 Å². The molecule has 1 aromatic rings. The Morgan fingerprint density at radius 2 is 2.53 bits per heavy atom. The molecule has 0 radical (unpaired) electrons. The van der Waals surface area contributed by atoms with Crippen molar-refractivity contribution in [2.45, 2.75) is 19.4 Å². The number of rotatable bonds is 3. The van der Waals surface area contributed by atoms with Crippen molar-refractivity contribution in [3.8, 4) is 0 Å². The summed E-state index contributed by atoms with van der Waals surface area (Å²) >= 11 is 1.88. The van der Waals surface area contributed by atoms with Gasteiger partial charge in [-0.05, 0) is 35.9 Å². The second-order valence-corrected chi connectivity index (χ2v) is 5.15. The molecule has 0 fully saturated rings. The van der Waals surface area contributed by atoms with Gasteiger partial charge in [0, 0.05) is 30.6 Å². The SMILES string of the molecule is C=C(CN)CN1CCc2sccc2C1C. The minimum Gasteiger partial charge on any atom is -0.327 e.